The third kappa shape index (κ3) is 2.26. The first-order valence-corrected chi connectivity index (χ1v) is 11.8. The third-order valence-electron chi connectivity index (χ3n) is 10.2. The molecule has 0 amide bonds. The van der Waals surface area contributed by atoms with Crippen LogP contribution in [0.25, 0.3) is 0 Å². The maximum atomic E-state index is 13.2. The molecule has 6 aliphatic carbocycles. The molecule has 3 fully saturated rings. The molecule has 4 heteroatoms. The number of ketones is 2. The molecule has 0 saturated heterocycles. The lowest BCUT2D eigenvalue weighted by Crippen LogP contribution is -2.66. The summed E-state index contributed by atoms with van der Waals surface area (Å²) in [7, 11) is 0. The predicted molar refractivity (Wildman–Crippen MR) is 114 cm³/mol. The summed E-state index contributed by atoms with van der Waals surface area (Å²) in [5.74, 6) is 0.00398. The predicted octanol–water partition coefficient (Wildman–Crippen LogP) is 4.84. The molecule has 0 aromatic carbocycles. The SMILES string of the molecule is CC(C)C1=C[C@@]23CC[C@@H]4[C@](C)(CCC[C@@]4(C)C(=O)O)[C@@H]2C[C@H]1[C@@H]1C(=O)C=CC(=O)[C@H]13. The number of carboxylic acids is 1. The zero-order valence-electron chi connectivity index (χ0n) is 18.6. The molecule has 1 spiro atoms. The Morgan fingerprint density at radius 1 is 1.07 bits per heavy atom. The largest absolute Gasteiger partial charge is 0.481 e. The van der Waals surface area contributed by atoms with Gasteiger partial charge in [-0.2, -0.15) is 0 Å². The Morgan fingerprint density at radius 3 is 2.43 bits per heavy atom. The highest BCUT2D eigenvalue weighted by Gasteiger charge is 2.70. The van der Waals surface area contributed by atoms with Crippen LogP contribution in [0.5, 0.6) is 0 Å². The van der Waals surface area contributed by atoms with E-state index in [-0.39, 0.29) is 52.0 Å². The van der Waals surface area contributed by atoms with E-state index >= 15 is 0 Å². The number of carboxylic acid groups (broad SMARTS) is 1. The summed E-state index contributed by atoms with van der Waals surface area (Å²) in [6.07, 6.45) is 10.8. The Kier molecular flexibility index (Phi) is 4.16. The van der Waals surface area contributed by atoms with Gasteiger partial charge in [-0.3, -0.25) is 14.4 Å². The molecular formula is C26H34O4. The zero-order valence-corrected chi connectivity index (χ0v) is 18.6. The van der Waals surface area contributed by atoms with Crippen molar-refractivity contribution in [2.24, 2.45) is 51.8 Å². The van der Waals surface area contributed by atoms with Crippen LogP contribution in [0.15, 0.2) is 23.8 Å². The standard InChI is InChI=1S/C26H34O4/c1-14(2)16-13-26-11-8-19-24(3,9-5-10-25(19,4)23(29)30)20(26)12-15(16)21-17(27)6-7-18(28)22(21)26/h6-7,13-15,19-22H,5,8-12H2,1-4H3,(H,29,30)/t15-,19-,20+,21-,22-,24+,25-,26+/m1/s1. The van der Waals surface area contributed by atoms with E-state index in [1.165, 1.54) is 17.7 Å². The number of hydrogen-bond donors (Lipinski definition) is 1. The van der Waals surface area contributed by atoms with Crippen LogP contribution in [0.2, 0.25) is 0 Å². The van der Waals surface area contributed by atoms with E-state index in [2.05, 4.69) is 26.8 Å². The minimum Gasteiger partial charge on any atom is -0.481 e. The van der Waals surface area contributed by atoms with Gasteiger partial charge in [0.05, 0.1) is 5.41 Å². The molecule has 8 atom stereocenters. The topological polar surface area (TPSA) is 71.4 Å². The van der Waals surface area contributed by atoms with Gasteiger partial charge in [0.25, 0.3) is 0 Å². The van der Waals surface area contributed by atoms with Gasteiger partial charge < -0.3 is 5.11 Å². The number of hydrogen-bond acceptors (Lipinski definition) is 3. The third-order valence-corrected chi connectivity index (χ3v) is 10.2. The van der Waals surface area contributed by atoms with Crippen molar-refractivity contribution in [1.82, 2.24) is 0 Å². The van der Waals surface area contributed by atoms with E-state index in [0.717, 1.165) is 38.5 Å². The van der Waals surface area contributed by atoms with E-state index in [4.69, 9.17) is 0 Å². The molecule has 0 aromatic rings. The molecule has 0 aliphatic heterocycles. The lowest BCUT2D eigenvalue weighted by atomic mass is 9.33. The summed E-state index contributed by atoms with van der Waals surface area (Å²) in [4.78, 5) is 38.6. The van der Waals surface area contributed by atoms with Crippen LogP contribution in [0, 0.1) is 51.8 Å². The van der Waals surface area contributed by atoms with Gasteiger partial charge >= 0.3 is 5.97 Å². The minimum absolute atomic E-state index is 0.101. The smallest absolute Gasteiger partial charge is 0.309 e. The highest BCUT2D eigenvalue weighted by atomic mass is 16.4. The molecule has 0 unspecified atom stereocenters. The van der Waals surface area contributed by atoms with Gasteiger partial charge in [-0.1, -0.05) is 38.8 Å². The maximum absolute atomic E-state index is 13.2. The van der Waals surface area contributed by atoms with Gasteiger partial charge in [0.2, 0.25) is 0 Å². The summed E-state index contributed by atoms with van der Waals surface area (Å²) in [5, 5.41) is 10.1. The highest BCUT2D eigenvalue weighted by Crippen LogP contribution is 2.73. The molecule has 0 heterocycles. The Balaban J connectivity index is 1.68. The molecule has 3 saturated carbocycles. The Bertz CT molecular complexity index is 897. The van der Waals surface area contributed by atoms with Crippen LogP contribution in [-0.2, 0) is 14.4 Å². The molecule has 6 aliphatic rings. The van der Waals surface area contributed by atoms with Gasteiger partial charge in [-0.25, -0.2) is 0 Å². The number of carbonyl (C=O) groups is 3. The maximum Gasteiger partial charge on any atom is 0.309 e. The van der Waals surface area contributed by atoms with Gasteiger partial charge in [0, 0.05) is 17.3 Å². The monoisotopic (exact) mass is 410 g/mol. The fourth-order valence-electron chi connectivity index (χ4n) is 9.05. The fraction of sp³-hybridized carbons (Fsp3) is 0.731. The lowest BCUT2D eigenvalue weighted by Gasteiger charge is -2.69. The van der Waals surface area contributed by atoms with E-state index < -0.39 is 11.4 Å². The number of rotatable bonds is 2. The minimum atomic E-state index is -0.693. The number of carbonyl (C=O) groups excluding carboxylic acids is 2. The molecular weight excluding hydrogens is 376 g/mol. The van der Waals surface area contributed by atoms with Crippen molar-refractivity contribution in [2.45, 2.75) is 66.2 Å². The van der Waals surface area contributed by atoms with Gasteiger partial charge in [0.15, 0.2) is 11.6 Å². The average Bonchev–Trinajstić information content (AvgIpc) is 2.69. The molecule has 4 nitrogen and oxygen atoms in total. The lowest BCUT2D eigenvalue weighted by molar-refractivity contribution is -0.197. The number of aliphatic carboxylic acids is 1. The number of allylic oxidation sites excluding steroid dienone is 4. The molecule has 1 N–H and O–H groups in total. The van der Waals surface area contributed by atoms with Crippen LogP contribution in [0.4, 0.5) is 0 Å². The van der Waals surface area contributed by atoms with Gasteiger partial charge in [0.1, 0.15) is 0 Å². The first-order chi connectivity index (χ1) is 14.1. The van der Waals surface area contributed by atoms with Crippen LogP contribution < -0.4 is 0 Å². The van der Waals surface area contributed by atoms with Crippen molar-refractivity contribution in [1.29, 1.82) is 0 Å². The molecule has 6 rings (SSSR count). The van der Waals surface area contributed by atoms with Crippen molar-refractivity contribution in [3.8, 4) is 0 Å². The second-order valence-electron chi connectivity index (χ2n) is 11.6. The normalized spacial score (nSPS) is 49.4. The highest BCUT2D eigenvalue weighted by molar-refractivity contribution is 6.08. The summed E-state index contributed by atoms with van der Waals surface area (Å²) in [5.41, 5.74) is 0.277. The van der Waals surface area contributed by atoms with Crippen LogP contribution >= 0.6 is 0 Å². The molecule has 30 heavy (non-hydrogen) atoms. The van der Waals surface area contributed by atoms with Crippen molar-refractivity contribution >= 4 is 17.5 Å². The average molecular weight is 411 g/mol. The van der Waals surface area contributed by atoms with Crippen molar-refractivity contribution in [3.05, 3.63) is 23.8 Å². The summed E-state index contributed by atoms with van der Waals surface area (Å²) in [6.45, 7) is 8.67. The van der Waals surface area contributed by atoms with E-state index in [1.54, 1.807) is 0 Å². The van der Waals surface area contributed by atoms with Crippen LogP contribution in [0.1, 0.15) is 66.2 Å². The molecule has 162 valence electrons. The second-order valence-corrected chi connectivity index (χ2v) is 11.6. The zero-order chi connectivity index (χ0) is 21.6. The summed E-state index contributed by atoms with van der Waals surface area (Å²) >= 11 is 0. The Hall–Kier alpha value is -1.71. The van der Waals surface area contributed by atoms with Crippen molar-refractivity contribution < 1.29 is 19.5 Å². The van der Waals surface area contributed by atoms with E-state index in [9.17, 15) is 19.5 Å². The molecule has 0 aromatic heterocycles. The van der Waals surface area contributed by atoms with Crippen molar-refractivity contribution in [2.75, 3.05) is 0 Å². The van der Waals surface area contributed by atoms with Gasteiger partial charge in [-0.15, -0.1) is 0 Å². The van der Waals surface area contributed by atoms with Crippen LogP contribution in [0.3, 0.4) is 0 Å². The quantitative estimate of drug-likeness (QED) is 0.662. The fourth-order valence-corrected chi connectivity index (χ4v) is 9.05. The Labute approximate surface area is 179 Å². The van der Waals surface area contributed by atoms with Crippen LogP contribution in [-0.4, -0.2) is 22.6 Å². The van der Waals surface area contributed by atoms with Crippen molar-refractivity contribution in [3.63, 3.8) is 0 Å². The molecule has 0 radical (unpaired) electrons. The van der Waals surface area contributed by atoms with E-state index in [1.807, 2.05) is 6.92 Å². The number of fused-ring (bicyclic) bond motifs is 1. The second kappa shape index (κ2) is 6.17. The first-order valence-electron chi connectivity index (χ1n) is 11.8. The Morgan fingerprint density at radius 2 is 1.77 bits per heavy atom. The summed E-state index contributed by atoms with van der Waals surface area (Å²) in [6, 6.07) is 0. The molecule has 2 bridgehead atoms. The van der Waals surface area contributed by atoms with Gasteiger partial charge in [-0.05, 0) is 80.3 Å². The summed E-state index contributed by atoms with van der Waals surface area (Å²) < 4.78 is 0. The van der Waals surface area contributed by atoms with E-state index in [0.29, 0.717) is 5.92 Å². The first kappa shape index (κ1) is 20.2.